The van der Waals surface area contributed by atoms with Crippen LogP contribution in [0.15, 0.2) is 51.0 Å². The maximum atomic E-state index is 13.2. The Hall–Kier alpha value is -4.40. The number of furan rings is 1. The van der Waals surface area contributed by atoms with E-state index in [1.165, 1.54) is 17.1 Å². The van der Waals surface area contributed by atoms with E-state index in [-0.39, 0.29) is 28.9 Å². The van der Waals surface area contributed by atoms with E-state index in [0.29, 0.717) is 22.6 Å². The highest BCUT2D eigenvalue weighted by Crippen LogP contribution is 2.43. The molecule has 1 aromatic heterocycles. The van der Waals surface area contributed by atoms with Gasteiger partial charge in [-0.3, -0.25) is 10.2 Å². The quantitative estimate of drug-likeness (QED) is 0.343. The molecule has 0 radical (unpaired) electrons. The summed E-state index contributed by atoms with van der Waals surface area (Å²) in [6, 6.07) is 10.4. The summed E-state index contributed by atoms with van der Waals surface area (Å²) in [5, 5.41) is 30.5. The first-order chi connectivity index (χ1) is 17.2. The Balaban J connectivity index is 1.51. The van der Waals surface area contributed by atoms with Gasteiger partial charge < -0.3 is 14.6 Å². The van der Waals surface area contributed by atoms with Crippen molar-refractivity contribution >= 4 is 34.7 Å². The second kappa shape index (κ2) is 8.99. The number of rotatable bonds is 5. The van der Waals surface area contributed by atoms with Crippen LogP contribution in [0, 0.1) is 13.8 Å². The Labute approximate surface area is 207 Å². The third-order valence-electron chi connectivity index (χ3n) is 6.71. The second-order valence-electron chi connectivity index (χ2n) is 9.10. The normalized spacial score (nSPS) is 16.3. The van der Waals surface area contributed by atoms with E-state index >= 15 is 0 Å². The fourth-order valence-corrected chi connectivity index (χ4v) is 4.57. The number of aromatic hydroxyl groups is 1. The molecule has 1 amide bonds. The molecule has 0 fully saturated rings. The summed E-state index contributed by atoms with van der Waals surface area (Å²) < 4.78 is 5.45. The summed E-state index contributed by atoms with van der Waals surface area (Å²) in [5.74, 6) is -1.65. The first kappa shape index (κ1) is 23.3. The SMILES string of the molecule is CC1=NN(c2ccc(C)c(C)c2)C(=O)/C1=N\Nc1c(O)c(-c2ccc(C(=O)O)o2)cc2c1CCCC2. The van der Waals surface area contributed by atoms with Gasteiger partial charge >= 0.3 is 11.9 Å². The van der Waals surface area contributed by atoms with E-state index in [9.17, 15) is 19.8 Å². The summed E-state index contributed by atoms with van der Waals surface area (Å²) in [6.07, 6.45) is 3.50. The minimum absolute atomic E-state index is 0.114. The third kappa shape index (κ3) is 4.02. The Morgan fingerprint density at radius 1 is 1.08 bits per heavy atom. The monoisotopic (exact) mass is 486 g/mol. The number of carbonyl (C=O) groups is 2. The average molecular weight is 487 g/mol. The van der Waals surface area contributed by atoms with Crippen LogP contribution in [0.1, 0.15) is 52.6 Å². The Morgan fingerprint density at radius 3 is 2.58 bits per heavy atom. The van der Waals surface area contributed by atoms with Crippen LogP contribution in [0.4, 0.5) is 11.4 Å². The smallest absolute Gasteiger partial charge is 0.371 e. The summed E-state index contributed by atoms with van der Waals surface area (Å²) in [4.78, 5) is 24.4. The molecule has 2 heterocycles. The number of aryl methyl sites for hydroxylation is 3. The van der Waals surface area contributed by atoms with Crippen molar-refractivity contribution in [2.75, 3.05) is 10.4 Å². The van der Waals surface area contributed by atoms with Crippen molar-refractivity contribution in [3.8, 4) is 17.1 Å². The van der Waals surface area contributed by atoms with E-state index in [2.05, 4.69) is 15.6 Å². The van der Waals surface area contributed by atoms with E-state index in [1.54, 1.807) is 6.92 Å². The zero-order valence-corrected chi connectivity index (χ0v) is 20.3. The highest BCUT2D eigenvalue weighted by Gasteiger charge is 2.31. The van der Waals surface area contributed by atoms with E-state index in [4.69, 9.17) is 4.42 Å². The summed E-state index contributed by atoms with van der Waals surface area (Å²) in [7, 11) is 0. The van der Waals surface area contributed by atoms with Gasteiger partial charge in [0, 0.05) is 0 Å². The molecule has 0 spiro atoms. The Morgan fingerprint density at radius 2 is 1.86 bits per heavy atom. The van der Waals surface area contributed by atoms with Gasteiger partial charge in [-0.15, -0.1) is 0 Å². The molecule has 184 valence electrons. The van der Waals surface area contributed by atoms with Crippen LogP contribution < -0.4 is 10.4 Å². The van der Waals surface area contributed by atoms with Crippen molar-refractivity contribution < 1.29 is 24.2 Å². The Bertz CT molecular complexity index is 1470. The minimum Gasteiger partial charge on any atom is -0.505 e. The maximum absolute atomic E-state index is 13.2. The molecule has 9 nitrogen and oxygen atoms in total. The number of amides is 1. The fourth-order valence-electron chi connectivity index (χ4n) is 4.57. The number of hydrogen-bond donors (Lipinski definition) is 3. The molecule has 0 saturated carbocycles. The highest BCUT2D eigenvalue weighted by atomic mass is 16.4. The van der Waals surface area contributed by atoms with E-state index in [0.717, 1.165) is 47.9 Å². The molecule has 0 bridgehead atoms. The number of hydrogen-bond acceptors (Lipinski definition) is 7. The molecule has 0 unspecified atom stereocenters. The average Bonchev–Trinajstić information content (AvgIpc) is 3.45. The van der Waals surface area contributed by atoms with Gasteiger partial charge in [0.05, 0.1) is 17.0 Å². The zero-order chi connectivity index (χ0) is 25.6. The van der Waals surface area contributed by atoms with Gasteiger partial charge in [0.2, 0.25) is 5.76 Å². The van der Waals surface area contributed by atoms with Gasteiger partial charge in [0.1, 0.15) is 11.4 Å². The van der Waals surface area contributed by atoms with Crippen LogP contribution >= 0.6 is 0 Å². The van der Waals surface area contributed by atoms with Gasteiger partial charge in [-0.1, -0.05) is 6.07 Å². The molecule has 0 atom stereocenters. The van der Waals surface area contributed by atoms with Gasteiger partial charge in [-0.2, -0.15) is 15.2 Å². The van der Waals surface area contributed by atoms with Gasteiger partial charge in [-0.05, 0) is 99.0 Å². The number of phenols is 1. The number of nitrogens with one attached hydrogen (secondary N) is 1. The van der Waals surface area contributed by atoms with Crippen LogP contribution in [0.2, 0.25) is 0 Å². The molecule has 5 rings (SSSR count). The number of aromatic carboxylic acids is 1. The lowest BCUT2D eigenvalue weighted by Crippen LogP contribution is -2.28. The molecule has 1 aliphatic carbocycles. The van der Waals surface area contributed by atoms with Crippen molar-refractivity contribution in [2.24, 2.45) is 10.2 Å². The molecular formula is C27H26N4O5. The molecule has 2 aliphatic rings. The number of carbonyl (C=O) groups excluding carboxylic acids is 1. The van der Waals surface area contributed by atoms with Crippen LogP contribution in [-0.4, -0.2) is 33.5 Å². The molecule has 0 saturated heterocycles. The predicted molar refractivity (Wildman–Crippen MR) is 137 cm³/mol. The van der Waals surface area contributed by atoms with Gasteiger partial charge in [0.15, 0.2) is 11.5 Å². The van der Waals surface area contributed by atoms with E-state index < -0.39 is 5.97 Å². The summed E-state index contributed by atoms with van der Waals surface area (Å²) in [6.45, 7) is 5.69. The first-order valence-corrected chi connectivity index (χ1v) is 11.8. The van der Waals surface area contributed by atoms with Crippen LogP contribution in [0.3, 0.4) is 0 Å². The number of carboxylic acid groups (broad SMARTS) is 1. The topological polar surface area (TPSA) is 128 Å². The number of anilines is 2. The first-order valence-electron chi connectivity index (χ1n) is 11.8. The fraction of sp³-hybridized carbons (Fsp3) is 0.259. The van der Waals surface area contributed by atoms with Crippen molar-refractivity contribution in [1.82, 2.24) is 0 Å². The lowest BCUT2D eigenvalue weighted by Gasteiger charge is -2.22. The third-order valence-corrected chi connectivity index (χ3v) is 6.71. The molecule has 3 aromatic rings. The molecule has 3 N–H and O–H groups in total. The number of carboxylic acids is 1. The van der Waals surface area contributed by atoms with Crippen molar-refractivity contribution in [2.45, 2.75) is 46.5 Å². The van der Waals surface area contributed by atoms with Crippen molar-refractivity contribution in [1.29, 1.82) is 0 Å². The number of phenolic OH excluding ortho intramolecular Hbond substituents is 1. The molecule has 1 aliphatic heterocycles. The summed E-state index contributed by atoms with van der Waals surface area (Å²) in [5.41, 5.74) is 9.04. The summed E-state index contributed by atoms with van der Waals surface area (Å²) >= 11 is 0. The lowest BCUT2D eigenvalue weighted by molar-refractivity contribution is -0.112. The zero-order valence-electron chi connectivity index (χ0n) is 20.3. The van der Waals surface area contributed by atoms with Crippen LogP contribution in [-0.2, 0) is 17.6 Å². The highest BCUT2D eigenvalue weighted by molar-refractivity contribution is 6.71. The minimum atomic E-state index is -1.19. The predicted octanol–water partition coefficient (Wildman–Crippen LogP) is 5.04. The van der Waals surface area contributed by atoms with Crippen LogP contribution in [0.5, 0.6) is 5.75 Å². The molecule has 36 heavy (non-hydrogen) atoms. The maximum Gasteiger partial charge on any atom is 0.371 e. The number of fused-ring (bicyclic) bond motifs is 1. The lowest BCUT2D eigenvalue weighted by atomic mass is 9.88. The molecular weight excluding hydrogens is 460 g/mol. The number of nitrogens with zero attached hydrogens (tertiary/aromatic N) is 3. The van der Waals surface area contributed by atoms with Crippen LogP contribution in [0.25, 0.3) is 11.3 Å². The van der Waals surface area contributed by atoms with Crippen molar-refractivity contribution in [3.05, 3.63) is 64.4 Å². The molecule has 9 heteroatoms. The Kier molecular flexibility index (Phi) is 5.83. The number of hydrazone groups is 2. The van der Waals surface area contributed by atoms with Gasteiger partial charge in [-0.25, -0.2) is 4.79 Å². The van der Waals surface area contributed by atoms with Crippen molar-refractivity contribution in [3.63, 3.8) is 0 Å². The van der Waals surface area contributed by atoms with Gasteiger partial charge in [0.25, 0.3) is 0 Å². The van der Waals surface area contributed by atoms with E-state index in [1.807, 2.05) is 38.1 Å². The standard InChI is InChI=1S/C27H26N4O5/c1-14-8-9-18(12-15(14)2)31-26(33)23(16(3)30-31)28-29-24-19-7-5-4-6-17(19)13-20(25(24)32)21-10-11-22(36-21)27(34)35/h8-13,29,32H,4-7H2,1-3H3,(H,34,35)/b28-23-. The largest absolute Gasteiger partial charge is 0.505 e. The number of benzene rings is 2. The molecule has 2 aromatic carbocycles. The second-order valence-corrected chi connectivity index (χ2v) is 9.10.